The van der Waals surface area contributed by atoms with Crippen LogP contribution in [0.5, 0.6) is 0 Å². The van der Waals surface area contributed by atoms with Gasteiger partial charge in [0.2, 0.25) is 0 Å². The van der Waals surface area contributed by atoms with E-state index >= 15 is 0 Å². The van der Waals surface area contributed by atoms with Gasteiger partial charge in [0.15, 0.2) is 0 Å². The third-order valence-corrected chi connectivity index (χ3v) is 10.4. The van der Waals surface area contributed by atoms with Crippen molar-refractivity contribution < 1.29 is 15.0 Å². The van der Waals surface area contributed by atoms with Crippen LogP contribution in [0, 0.1) is 28.6 Å². The van der Waals surface area contributed by atoms with E-state index in [4.69, 9.17) is 0 Å². The summed E-state index contributed by atoms with van der Waals surface area (Å²) in [5, 5.41) is 21.1. The van der Waals surface area contributed by atoms with Gasteiger partial charge >= 0.3 is 0 Å². The van der Waals surface area contributed by atoms with Gasteiger partial charge in [0.05, 0.1) is 17.6 Å². The monoisotopic (exact) mass is 494 g/mol. The quantitative estimate of drug-likeness (QED) is 0.242. The topological polar surface area (TPSA) is 57.5 Å². The molecular weight excluding hydrogens is 444 g/mol. The van der Waals surface area contributed by atoms with Crippen LogP contribution in [0.15, 0.2) is 47.6 Å². The Hall–Kier alpha value is -1.45. The third-order valence-electron chi connectivity index (χ3n) is 10.4. The Kier molecular flexibility index (Phi) is 8.83. The molecule has 0 aliphatic heterocycles. The highest BCUT2D eigenvalue weighted by Crippen LogP contribution is 2.59. The molecule has 0 radical (unpaired) electrons. The molecule has 0 amide bonds. The van der Waals surface area contributed by atoms with Crippen molar-refractivity contribution in [2.75, 3.05) is 0 Å². The lowest BCUT2D eigenvalue weighted by molar-refractivity contribution is -0.127. The molecule has 4 rings (SSSR count). The van der Waals surface area contributed by atoms with Gasteiger partial charge in [-0.15, -0.1) is 0 Å². The van der Waals surface area contributed by atoms with E-state index in [1.165, 1.54) is 43.3 Å². The summed E-state index contributed by atoms with van der Waals surface area (Å²) in [5.41, 5.74) is 3.80. The van der Waals surface area contributed by atoms with Crippen LogP contribution >= 0.6 is 0 Å². The zero-order chi connectivity index (χ0) is 25.9. The Morgan fingerprint density at radius 2 is 1.89 bits per heavy atom. The first kappa shape index (κ1) is 27.6. The Morgan fingerprint density at radius 1 is 1.11 bits per heavy atom. The van der Waals surface area contributed by atoms with Crippen LogP contribution in [0.2, 0.25) is 0 Å². The van der Waals surface area contributed by atoms with Crippen molar-refractivity contribution in [1.29, 1.82) is 0 Å². The molecule has 3 nitrogen and oxygen atoms in total. The summed E-state index contributed by atoms with van der Waals surface area (Å²) in [4.78, 5) is 12.8. The first-order valence-electron chi connectivity index (χ1n) is 14.9. The highest BCUT2D eigenvalue weighted by Gasteiger charge is 2.54. The summed E-state index contributed by atoms with van der Waals surface area (Å²) in [7, 11) is 0. The highest BCUT2D eigenvalue weighted by atomic mass is 16.3. The number of hydrogen-bond donors (Lipinski definition) is 2. The molecule has 6 atom stereocenters. The summed E-state index contributed by atoms with van der Waals surface area (Å²) in [5.74, 6) is 1.89. The lowest BCUT2D eigenvalue weighted by Gasteiger charge is -2.44. The lowest BCUT2D eigenvalue weighted by atomic mass is 9.61. The number of hydrogen-bond acceptors (Lipinski definition) is 3. The zero-order valence-corrected chi connectivity index (χ0v) is 23.1. The average molecular weight is 495 g/mol. The molecule has 4 aliphatic carbocycles. The van der Waals surface area contributed by atoms with Crippen LogP contribution in [0.3, 0.4) is 0 Å². The van der Waals surface area contributed by atoms with Gasteiger partial charge in [0.25, 0.3) is 0 Å². The fraction of sp³-hybridized carbons (Fsp3) is 0.727. The summed E-state index contributed by atoms with van der Waals surface area (Å²) in [6.07, 6.45) is 22.0. The maximum atomic E-state index is 12.8. The summed E-state index contributed by atoms with van der Waals surface area (Å²) >= 11 is 0. The van der Waals surface area contributed by atoms with E-state index in [0.717, 1.165) is 51.4 Å². The van der Waals surface area contributed by atoms with E-state index in [0.29, 0.717) is 24.2 Å². The molecule has 4 saturated carbocycles. The summed E-state index contributed by atoms with van der Waals surface area (Å²) < 4.78 is 0. The molecule has 0 aromatic carbocycles. The van der Waals surface area contributed by atoms with Gasteiger partial charge in [-0.2, -0.15) is 0 Å². The molecule has 36 heavy (non-hydrogen) atoms. The molecule has 0 bridgehead atoms. The molecule has 0 spiro atoms. The van der Waals surface area contributed by atoms with E-state index in [-0.39, 0.29) is 17.3 Å². The van der Waals surface area contributed by atoms with Crippen LogP contribution < -0.4 is 0 Å². The first-order chi connectivity index (χ1) is 17.2. The number of Topliss-reactive ketones (excluding diaryl/α,β-unsaturated/α-hetero) is 1. The van der Waals surface area contributed by atoms with E-state index in [9.17, 15) is 15.0 Å². The van der Waals surface area contributed by atoms with Crippen LogP contribution in [-0.2, 0) is 4.79 Å². The van der Waals surface area contributed by atoms with Gasteiger partial charge in [0, 0.05) is 6.42 Å². The van der Waals surface area contributed by atoms with Crippen LogP contribution in [0.25, 0.3) is 0 Å². The molecule has 0 heterocycles. The number of fused-ring (bicyclic) bond motifs is 1. The SMILES string of the molecule is C=C1CC[C@H](O)C/C1=C/C=C1\CCC[C@]2(C)[C@@H]([C@H](C)/C=C/[C@@H](O)C3(C(=O)CCCCC)CC3)CC[C@@H]12. The fourth-order valence-corrected chi connectivity index (χ4v) is 7.80. The minimum Gasteiger partial charge on any atom is -0.393 e. The van der Waals surface area contributed by atoms with Crippen molar-refractivity contribution in [2.24, 2.45) is 28.6 Å². The van der Waals surface area contributed by atoms with E-state index in [2.05, 4.69) is 45.6 Å². The summed E-state index contributed by atoms with van der Waals surface area (Å²) in [6.45, 7) is 11.2. The molecule has 0 aromatic rings. The fourth-order valence-electron chi connectivity index (χ4n) is 7.80. The number of allylic oxidation sites excluding steroid dienone is 5. The normalized spacial score (nSPS) is 35.8. The molecule has 3 heteroatoms. The van der Waals surface area contributed by atoms with Gasteiger partial charge in [0.1, 0.15) is 5.78 Å². The smallest absolute Gasteiger partial charge is 0.141 e. The number of unbranched alkanes of at least 4 members (excludes halogenated alkanes) is 2. The number of carbonyl (C=O) groups is 1. The number of carbonyl (C=O) groups excluding carboxylic acids is 1. The van der Waals surface area contributed by atoms with Crippen molar-refractivity contribution in [3.05, 3.63) is 47.6 Å². The van der Waals surface area contributed by atoms with Gasteiger partial charge in [-0.3, -0.25) is 4.79 Å². The van der Waals surface area contributed by atoms with Crippen molar-refractivity contribution in [1.82, 2.24) is 0 Å². The van der Waals surface area contributed by atoms with Gasteiger partial charge in [-0.25, -0.2) is 0 Å². The second-order valence-corrected chi connectivity index (χ2v) is 12.8. The average Bonchev–Trinajstić information content (AvgIpc) is 3.59. The van der Waals surface area contributed by atoms with Crippen LogP contribution in [0.4, 0.5) is 0 Å². The minimum atomic E-state index is -0.633. The van der Waals surface area contributed by atoms with Crippen LogP contribution in [0.1, 0.15) is 111 Å². The molecular formula is C33H50O3. The maximum absolute atomic E-state index is 12.8. The van der Waals surface area contributed by atoms with Crippen molar-refractivity contribution in [2.45, 2.75) is 123 Å². The third kappa shape index (κ3) is 5.68. The number of aliphatic hydroxyl groups is 2. The Morgan fingerprint density at radius 3 is 2.61 bits per heavy atom. The zero-order valence-electron chi connectivity index (χ0n) is 23.1. The Bertz CT molecular complexity index is 904. The first-order valence-corrected chi connectivity index (χ1v) is 14.9. The van der Waals surface area contributed by atoms with Crippen molar-refractivity contribution >= 4 is 5.78 Å². The molecule has 4 aliphatic rings. The molecule has 0 aromatic heterocycles. The van der Waals surface area contributed by atoms with Gasteiger partial charge in [-0.05, 0) is 99.4 Å². The molecule has 0 unspecified atom stereocenters. The lowest BCUT2D eigenvalue weighted by Crippen LogP contribution is -2.35. The second kappa shape index (κ2) is 11.5. The maximum Gasteiger partial charge on any atom is 0.141 e. The summed E-state index contributed by atoms with van der Waals surface area (Å²) in [6, 6.07) is 0. The van der Waals surface area contributed by atoms with Crippen molar-refractivity contribution in [3.63, 3.8) is 0 Å². The largest absolute Gasteiger partial charge is 0.393 e. The standard InChI is InChI=1S/C33H50O3/c1-5-6-7-10-30(35)33(20-21-33)31(36)18-12-24(3)28-16-17-29-25(9-8-19-32(28,29)4)13-14-26-22-27(34)15-11-23(26)2/h12-14,18,24,27-29,31,34,36H,2,5-11,15-17,19-22H2,1,3-4H3/b18-12+,25-13+,26-14-/t24-,27+,28-,29+,31-,32-/m1/s1. The number of aliphatic hydroxyl groups excluding tert-OH is 2. The van der Waals surface area contributed by atoms with E-state index < -0.39 is 11.5 Å². The molecule has 2 N–H and O–H groups in total. The van der Waals surface area contributed by atoms with Crippen molar-refractivity contribution in [3.8, 4) is 0 Å². The number of ketones is 1. The minimum absolute atomic E-state index is 0.225. The van der Waals surface area contributed by atoms with E-state index in [1.807, 2.05) is 6.08 Å². The van der Waals surface area contributed by atoms with E-state index in [1.54, 1.807) is 5.57 Å². The number of rotatable bonds is 10. The molecule has 200 valence electrons. The predicted molar refractivity (Wildman–Crippen MR) is 148 cm³/mol. The Labute approximate surface area is 219 Å². The van der Waals surface area contributed by atoms with Gasteiger partial charge < -0.3 is 10.2 Å². The molecule has 0 saturated heterocycles. The Balaban J connectivity index is 1.41. The highest BCUT2D eigenvalue weighted by molar-refractivity contribution is 5.88. The second-order valence-electron chi connectivity index (χ2n) is 12.8. The van der Waals surface area contributed by atoms with Crippen LogP contribution in [-0.4, -0.2) is 28.2 Å². The molecule has 4 fully saturated rings. The predicted octanol–water partition coefficient (Wildman–Crippen LogP) is 7.64. The van der Waals surface area contributed by atoms with Gasteiger partial charge in [-0.1, -0.05) is 75.6 Å².